The molecule has 2 fully saturated rings. The molecule has 28 heavy (non-hydrogen) atoms. The topological polar surface area (TPSA) is 60.8 Å². The van der Waals surface area contributed by atoms with Gasteiger partial charge in [-0.1, -0.05) is 0 Å². The average molecular weight is 389 g/mol. The summed E-state index contributed by atoms with van der Waals surface area (Å²) in [6, 6.07) is 4.47. The Morgan fingerprint density at radius 2 is 1.96 bits per heavy atom. The summed E-state index contributed by atoms with van der Waals surface area (Å²) in [7, 11) is 3.62. The van der Waals surface area contributed by atoms with Gasteiger partial charge in [0.25, 0.3) is 0 Å². The summed E-state index contributed by atoms with van der Waals surface area (Å²) in [5, 5.41) is 3.25. The quantitative estimate of drug-likeness (QED) is 0.700. The van der Waals surface area contributed by atoms with Gasteiger partial charge in [-0.15, -0.1) is 0 Å². The number of hydrogen-bond donors (Lipinski definition) is 1. The van der Waals surface area contributed by atoms with Crippen molar-refractivity contribution in [3.8, 4) is 11.5 Å². The standard InChI is InChI=1S/C21H32N4O3/c1-22-21-23-17-14-20(28-11-5-10-24-8-3-4-9-24)19(26-2)15-18(17)25(21)16-6-12-27-13-7-16/h14-16H,3-13H2,1-2H3,(H,22,23). The zero-order valence-electron chi connectivity index (χ0n) is 17.1. The lowest BCUT2D eigenvalue weighted by atomic mass is 10.1. The fourth-order valence-electron chi connectivity index (χ4n) is 4.34. The maximum absolute atomic E-state index is 6.08. The fourth-order valence-corrected chi connectivity index (χ4v) is 4.34. The number of methoxy groups -OCH3 is 1. The monoisotopic (exact) mass is 388 g/mol. The van der Waals surface area contributed by atoms with Crippen LogP contribution in [0.4, 0.5) is 5.95 Å². The van der Waals surface area contributed by atoms with Crippen molar-refractivity contribution in [2.24, 2.45) is 0 Å². The van der Waals surface area contributed by atoms with Crippen LogP contribution in [-0.4, -0.2) is 68.1 Å². The Labute approximate surface area is 166 Å². The van der Waals surface area contributed by atoms with Crippen LogP contribution in [0.3, 0.4) is 0 Å². The van der Waals surface area contributed by atoms with Crippen LogP contribution < -0.4 is 14.8 Å². The van der Waals surface area contributed by atoms with Crippen LogP contribution in [0.2, 0.25) is 0 Å². The zero-order chi connectivity index (χ0) is 19.3. The van der Waals surface area contributed by atoms with E-state index in [-0.39, 0.29) is 0 Å². The molecule has 0 spiro atoms. The number of benzene rings is 1. The summed E-state index contributed by atoms with van der Waals surface area (Å²) < 4.78 is 19.6. The van der Waals surface area contributed by atoms with Gasteiger partial charge in [0, 0.05) is 45.0 Å². The highest BCUT2D eigenvalue weighted by Gasteiger charge is 2.23. The smallest absolute Gasteiger partial charge is 0.203 e. The molecule has 3 heterocycles. The number of likely N-dealkylation sites (tertiary alicyclic amines) is 1. The average Bonchev–Trinajstić information content (AvgIpc) is 3.38. The van der Waals surface area contributed by atoms with Crippen molar-refractivity contribution in [3.63, 3.8) is 0 Å². The van der Waals surface area contributed by atoms with E-state index < -0.39 is 0 Å². The number of imidazole rings is 1. The Morgan fingerprint density at radius 3 is 2.68 bits per heavy atom. The van der Waals surface area contributed by atoms with Crippen molar-refractivity contribution >= 4 is 17.0 Å². The first-order chi connectivity index (χ1) is 13.8. The van der Waals surface area contributed by atoms with Gasteiger partial charge < -0.3 is 29.0 Å². The maximum atomic E-state index is 6.08. The summed E-state index contributed by atoms with van der Waals surface area (Å²) in [6.07, 6.45) is 5.68. The SMILES string of the molecule is CNc1nc2cc(OCCCN3CCCC3)c(OC)cc2n1C1CCOCC1. The molecule has 1 aromatic carbocycles. The van der Waals surface area contributed by atoms with Crippen LogP contribution in [0.25, 0.3) is 11.0 Å². The highest BCUT2D eigenvalue weighted by atomic mass is 16.5. The molecule has 1 N–H and O–H groups in total. The number of rotatable bonds is 8. The number of fused-ring (bicyclic) bond motifs is 1. The third-order valence-electron chi connectivity index (χ3n) is 5.83. The van der Waals surface area contributed by atoms with Gasteiger partial charge in [0.15, 0.2) is 11.5 Å². The molecule has 2 aromatic rings. The first-order valence-corrected chi connectivity index (χ1v) is 10.5. The lowest BCUT2D eigenvalue weighted by Gasteiger charge is -2.25. The second-order valence-electron chi connectivity index (χ2n) is 7.64. The number of nitrogens with zero attached hydrogens (tertiary/aromatic N) is 3. The molecule has 2 aliphatic heterocycles. The first kappa shape index (κ1) is 19.3. The van der Waals surface area contributed by atoms with Crippen molar-refractivity contribution in [1.29, 1.82) is 0 Å². The molecule has 0 bridgehead atoms. The third kappa shape index (κ3) is 4.05. The molecule has 2 saturated heterocycles. The van der Waals surface area contributed by atoms with Crippen LogP contribution in [0, 0.1) is 0 Å². The minimum atomic E-state index is 0.387. The Hall–Kier alpha value is -1.99. The van der Waals surface area contributed by atoms with Gasteiger partial charge in [0.2, 0.25) is 5.95 Å². The van der Waals surface area contributed by atoms with Crippen molar-refractivity contribution in [2.75, 3.05) is 58.9 Å². The number of anilines is 1. The molecular weight excluding hydrogens is 356 g/mol. The van der Waals surface area contributed by atoms with E-state index in [1.165, 1.54) is 25.9 Å². The molecule has 0 saturated carbocycles. The van der Waals surface area contributed by atoms with E-state index in [9.17, 15) is 0 Å². The molecule has 0 amide bonds. The van der Waals surface area contributed by atoms with Crippen molar-refractivity contribution in [2.45, 2.75) is 38.1 Å². The Bertz CT molecular complexity index is 780. The molecule has 7 heteroatoms. The number of ether oxygens (including phenoxy) is 3. The molecule has 0 aliphatic carbocycles. The summed E-state index contributed by atoms with van der Waals surface area (Å²) in [5.74, 6) is 2.43. The predicted molar refractivity (Wildman–Crippen MR) is 111 cm³/mol. The summed E-state index contributed by atoms with van der Waals surface area (Å²) in [5.41, 5.74) is 2.02. The minimum Gasteiger partial charge on any atom is -0.493 e. The number of nitrogens with one attached hydrogen (secondary N) is 1. The molecule has 0 radical (unpaired) electrons. The van der Waals surface area contributed by atoms with Crippen LogP contribution in [0.5, 0.6) is 11.5 Å². The molecule has 1 aromatic heterocycles. The lowest BCUT2D eigenvalue weighted by Crippen LogP contribution is -2.22. The van der Waals surface area contributed by atoms with Gasteiger partial charge in [-0.3, -0.25) is 0 Å². The van der Waals surface area contributed by atoms with E-state index in [1.807, 2.05) is 13.1 Å². The van der Waals surface area contributed by atoms with Crippen LogP contribution in [0.15, 0.2) is 12.1 Å². The normalized spacial score (nSPS) is 18.6. The molecular formula is C21H32N4O3. The molecule has 4 rings (SSSR count). The lowest BCUT2D eigenvalue weighted by molar-refractivity contribution is 0.0711. The highest BCUT2D eigenvalue weighted by Crippen LogP contribution is 2.37. The molecule has 154 valence electrons. The highest BCUT2D eigenvalue weighted by molar-refractivity contribution is 5.83. The van der Waals surface area contributed by atoms with Crippen molar-refractivity contribution in [1.82, 2.24) is 14.5 Å². The summed E-state index contributed by atoms with van der Waals surface area (Å²) in [4.78, 5) is 7.31. The van der Waals surface area contributed by atoms with E-state index in [0.29, 0.717) is 12.6 Å². The Morgan fingerprint density at radius 1 is 1.18 bits per heavy atom. The maximum Gasteiger partial charge on any atom is 0.203 e. The van der Waals surface area contributed by atoms with E-state index in [2.05, 4.69) is 20.9 Å². The predicted octanol–water partition coefficient (Wildman–Crippen LogP) is 3.30. The number of hydrogen-bond acceptors (Lipinski definition) is 6. The molecule has 0 unspecified atom stereocenters. The van der Waals surface area contributed by atoms with Crippen molar-refractivity contribution in [3.05, 3.63) is 12.1 Å². The van der Waals surface area contributed by atoms with Gasteiger partial charge in [0.05, 0.1) is 24.8 Å². The van der Waals surface area contributed by atoms with Gasteiger partial charge in [-0.25, -0.2) is 4.98 Å². The zero-order valence-corrected chi connectivity index (χ0v) is 17.1. The third-order valence-corrected chi connectivity index (χ3v) is 5.83. The second kappa shape index (κ2) is 9.01. The van der Waals surface area contributed by atoms with E-state index >= 15 is 0 Å². The van der Waals surface area contributed by atoms with Gasteiger partial charge in [-0.2, -0.15) is 0 Å². The van der Waals surface area contributed by atoms with Gasteiger partial charge >= 0.3 is 0 Å². The first-order valence-electron chi connectivity index (χ1n) is 10.5. The number of aromatic nitrogens is 2. The van der Waals surface area contributed by atoms with Crippen LogP contribution in [-0.2, 0) is 4.74 Å². The van der Waals surface area contributed by atoms with Crippen molar-refractivity contribution < 1.29 is 14.2 Å². The summed E-state index contributed by atoms with van der Waals surface area (Å²) >= 11 is 0. The van der Waals surface area contributed by atoms with Gasteiger partial charge in [-0.05, 0) is 45.2 Å². The van der Waals surface area contributed by atoms with E-state index in [4.69, 9.17) is 19.2 Å². The molecule has 0 atom stereocenters. The largest absolute Gasteiger partial charge is 0.493 e. The fraction of sp³-hybridized carbons (Fsp3) is 0.667. The van der Waals surface area contributed by atoms with Crippen LogP contribution >= 0.6 is 0 Å². The minimum absolute atomic E-state index is 0.387. The Kier molecular flexibility index (Phi) is 6.22. The Balaban J connectivity index is 1.52. The van der Waals surface area contributed by atoms with Crippen LogP contribution in [0.1, 0.15) is 38.1 Å². The summed E-state index contributed by atoms with van der Waals surface area (Å²) in [6.45, 7) is 5.84. The van der Waals surface area contributed by atoms with Gasteiger partial charge in [0.1, 0.15) is 0 Å². The van der Waals surface area contributed by atoms with E-state index in [0.717, 1.165) is 67.5 Å². The van der Waals surface area contributed by atoms with E-state index in [1.54, 1.807) is 7.11 Å². The second-order valence-corrected chi connectivity index (χ2v) is 7.64. The molecule has 2 aliphatic rings. The molecule has 7 nitrogen and oxygen atoms in total.